The lowest BCUT2D eigenvalue weighted by Gasteiger charge is -2.40. The molecule has 2 saturated heterocycles. The van der Waals surface area contributed by atoms with Gasteiger partial charge in [-0.15, -0.1) is 0 Å². The lowest BCUT2D eigenvalue weighted by molar-refractivity contribution is -0.137. The van der Waals surface area contributed by atoms with Crippen molar-refractivity contribution in [2.24, 2.45) is 0 Å². The molecule has 1 saturated carbocycles. The second kappa shape index (κ2) is 7.69. The van der Waals surface area contributed by atoms with E-state index in [2.05, 4.69) is 9.97 Å². The molecule has 9 heteroatoms. The molecule has 3 aliphatic rings. The van der Waals surface area contributed by atoms with Gasteiger partial charge in [-0.3, -0.25) is 9.88 Å². The van der Waals surface area contributed by atoms with Gasteiger partial charge in [0, 0.05) is 31.5 Å². The number of urea groups is 1. The van der Waals surface area contributed by atoms with Crippen LogP contribution < -0.4 is 4.74 Å². The Morgan fingerprint density at radius 2 is 1.77 bits per heavy atom. The molecule has 31 heavy (non-hydrogen) atoms. The molecule has 2 atom stereocenters. The van der Waals surface area contributed by atoms with Crippen LogP contribution in [0.5, 0.6) is 5.88 Å². The molecule has 0 spiro atoms. The van der Waals surface area contributed by atoms with E-state index in [1.54, 1.807) is 22.2 Å². The van der Waals surface area contributed by atoms with Gasteiger partial charge in [0.1, 0.15) is 0 Å². The van der Waals surface area contributed by atoms with Crippen LogP contribution in [0.3, 0.4) is 0 Å². The number of hydrogen-bond acceptors (Lipinski definition) is 4. The number of carbonyl (C=O) groups excluding carboxylic acids is 1. The van der Waals surface area contributed by atoms with E-state index in [0.29, 0.717) is 23.9 Å². The summed E-state index contributed by atoms with van der Waals surface area (Å²) < 4.78 is 44.3. The fourth-order valence-electron chi connectivity index (χ4n) is 4.37. The van der Waals surface area contributed by atoms with Gasteiger partial charge in [0.25, 0.3) is 0 Å². The number of carbonyl (C=O) groups is 1. The zero-order chi connectivity index (χ0) is 21.6. The first kappa shape index (κ1) is 20.1. The predicted octanol–water partition coefficient (Wildman–Crippen LogP) is 4.57. The second-order valence-corrected chi connectivity index (χ2v) is 8.45. The molecule has 3 fully saturated rings. The number of hydrogen-bond donors (Lipinski definition) is 0. The number of amides is 2. The van der Waals surface area contributed by atoms with Gasteiger partial charge in [0.05, 0.1) is 23.7 Å². The maximum atomic E-state index is 13.1. The van der Waals surface area contributed by atoms with Crippen molar-refractivity contribution in [1.82, 2.24) is 19.8 Å². The van der Waals surface area contributed by atoms with Crippen LogP contribution in [0.25, 0.3) is 0 Å². The zero-order valence-corrected chi connectivity index (χ0v) is 16.9. The van der Waals surface area contributed by atoms with Crippen molar-refractivity contribution in [3.63, 3.8) is 0 Å². The maximum Gasteiger partial charge on any atom is 0.416 e. The van der Waals surface area contributed by atoms with Crippen molar-refractivity contribution in [3.8, 4) is 5.88 Å². The van der Waals surface area contributed by atoms with Crippen LogP contribution in [-0.2, 0) is 12.7 Å². The minimum atomic E-state index is -4.37. The van der Waals surface area contributed by atoms with Gasteiger partial charge in [-0.2, -0.15) is 13.2 Å². The molecule has 1 aliphatic carbocycles. The molecule has 1 aromatic carbocycles. The number of benzene rings is 1. The highest BCUT2D eigenvalue weighted by molar-refractivity contribution is 5.76. The van der Waals surface area contributed by atoms with Crippen molar-refractivity contribution in [3.05, 3.63) is 53.5 Å². The van der Waals surface area contributed by atoms with Gasteiger partial charge < -0.3 is 9.64 Å². The van der Waals surface area contributed by atoms with Crippen LogP contribution in [0.1, 0.15) is 54.8 Å². The van der Waals surface area contributed by atoms with E-state index in [9.17, 15) is 18.0 Å². The van der Waals surface area contributed by atoms with Gasteiger partial charge >= 0.3 is 12.2 Å². The molecule has 5 rings (SSSR count). The van der Waals surface area contributed by atoms with Crippen molar-refractivity contribution in [1.29, 1.82) is 0 Å². The molecular formula is C22H23F3N4O2. The minimum absolute atomic E-state index is 0.111. The maximum absolute atomic E-state index is 13.1. The monoisotopic (exact) mass is 432 g/mol. The van der Waals surface area contributed by atoms with E-state index in [1.165, 1.54) is 12.1 Å². The first-order valence-electron chi connectivity index (χ1n) is 10.6. The summed E-state index contributed by atoms with van der Waals surface area (Å²) in [6.07, 6.45) is 3.27. The molecule has 2 amide bonds. The Hall–Kier alpha value is -2.84. The molecule has 0 unspecified atom stereocenters. The first-order chi connectivity index (χ1) is 14.9. The number of fused-ring (bicyclic) bond motifs is 1. The highest BCUT2D eigenvalue weighted by Crippen LogP contribution is 2.39. The van der Waals surface area contributed by atoms with E-state index in [-0.39, 0.29) is 18.6 Å². The normalized spacial score (nSPS) is 23.8. The van der Waals surface area contributed by atoms with Gasteiger partial charge in [0.2, 0.25) is 5.88 Å². The predicted molar refractivity (Wildman–Crippen MR) is 105 cm³/mol. The summed E-state index contributed by atoms with van der Waals surface area (Å²) in [5.74, 6) is 0.919. The third-order valence-corrected chi connectivity index (χ3v) is 6.23. The lowest BCUT2D eigenvalue weighted by Crippen LogP contribution is -2.55. The molecule has 164 valence electrons. The summed E-state index contributed by atoms with van der Waals surface area (Å²) in [4.78, 5) is 25.3. The molecule has 1 aromatic heterocycles. The van der Waals surface area contributed by atoms with E-state index in [4.69, 9.17) is 4.74 Å². The largest absolute Gasteiger partial charge is 0.452 e. The Morgan fingerprint density at radius 1 is 1.00 bits per heavy atom. The van der Waals surface area contributed by atoms with Crippen molar-refractivity contribution in [2.45, 2.75) is 63.0 Å². The summed E-state index contributed by atoms with van der Waals surface area (Å²) in [6.45, 7) is 0.840. The molecule has 0 bridgehead atoms. The van der Waals surface area contributed by atoms with Crippen LogP contribution in [-0.4, -0.2) is 44.6 Å². The number of nitrogens with zero attached hydrogens (tertiary/aromatic N) is 4. The van der Waals surface area contributed by atoms with Crippen LogP contribution >= 0.6 is 0 Å². The number of ether oxygens (including phenoxy) is 1. The summed E-state index contributed by atoms with van der Waals surface area (Å²) in [5, 5.41) is 0. The highest BCUT2D eigenvalue weighted by Gasteiger charge is 2.43. The van der Waals surface area contributed by atoms with E-state index in [0.717, 1.165) is 49.9 Å². The Balaban J connectivity index is 1.25. The summed E-state index contributed by atoms with van der Waals surface area (Å²) in [6, 6.07) is 4.92. The topological polar surface area (TPSA) is 58.6 Å². The molecule has 2 aromatic rings. The van der Waals surface area contributed by atoms with Crippen LogP contribution in [0.15, 0.2) is 36.7 Å². The summed E-state index contributed by atoms with van der Waals surface area (Å²) in [7, 11) is 0. The Bertz CT molecular complexity index is 945. The second-order valence-electron chi connectivity index (χ2n) is 8.45. The third-order valence-electron chi connectivity index (χ3n) is 6.23. The average Bonchev–Trinajstić information content (AvgIpc) is 3.52. The van der Waals surface area contributed by atoms with Crippen molar-refractivity contribution >= 4 is 6.03 Å². The Kier molecular flexibility index (Phi) is 4.98. The molecule has 3 heterocycles. The van der Waals surface area contributed by atoms with Gasteiger partial charge in [0.15, 0.2) is 6.23 Å². The number of alkyl halides is 3. The van der Waals surface area contributed by atoms with E-state index in [1.807, 2.05) is 0 Å². The number of rotatable bonds is 5. The summed E-state index contributed by atoms with van der Waals surface area (Å²) >= 11 is 0. The van der Waals surface area contributed by atoms with E-state index < -0.39 is 18.0 Å². The number of aromatic nitrogens is 2. The Morgan fingerprint density at radius 3 is 2.42 bits per heavy atom. The quantitative estimate of drug-likeness (QED) is 0.695. The third kappa shape index (κ3) is 4.18. The van der Waals surface area contributed by atoms with Gasteiger partial charge in [-0.25, -0.2) is 9.78 Å². The average molecular weight is 432 g/mol. The molecule has 2 aliphatic heterocycles. The first-order valence-corrected chi connectivity index (χ1v) is 10.6. The molecule has 0 radical (unpaired) electrons. The SMILES string of the molecule is O=C1N(Cc2ccc(C(F)(F)F)cc2)CC[C@H]2CC[C@@H](Oc3cnc(C4CC4)cn3)N12. The highest BCUT2D eigenvalue weighted by atomic mass is 19.4. The van der Waals surface area contributed by atoms with Crippen LogP contribution in [0.4, 0.5) is 18.0 Å². The van der Waals surface area contributed by atoms with Gasteiger partial charge in [-0.05, 0) is 43.4 Å². The molecular weight excluding hydrogens is 409 g/mol. The Labute approximate surface area is 178 Å². The van der Waals surface area contributed by atoms with Gasteiger partial charge in [-0.1, -0.05) is 12.1 Å². The van der Waals surface area contributed by atoms with Crippen LogP contribution in [0.2, 0.25) is 0 Å². The fourth-order valence-corrected chi connectivity index (χ4v) is 4.37. The van der Waals surface area contributed by atoms with E-state index >= 15 is 0 Å². The number of halogens is 3. The van der Waals surface area contributed by atoms with Crippen LogP contribution in [0, 0.1) is 0 Å². The minimum Gasteiger partial charge on any atom is -0.452 e. The standard InChI is InChI=1S/C22H23F3N4O2/c23-22(24,25)16-5-1-14(2-6-16)13-28-10-9-17-7-8-20(29(17)21(28)30)31-19-12-26-18(11-27-19)15-3-4-15/h1-2,5-6,11-12,15,17,20H,3-4,7-10,13H2/t17-,20-/m1/s1. The van der Waals surface area contributed by atoms with Crippen molar-refractivity contribution < 1.29 is 22.7 Å². The zero-order valence-electron chi connectivity index (χ0n) is 16.9. The molecule has 0 N–H and O–H groups in total. The summed E-state index contributed by atoms with van der Waals surface area (Å²) in [5.41, 5.74) is 0.953. The smallest absolute Gasteiger partial charge is 0.416 e. The molecule has 6 nitrogen and oxygen atoms in total. The van der Waals surface area contributed by atoms with Crippen molar-refractivity contribution in [2.75, 3.05) is 6.54 Å². The fraction of sp³-hybridized carbons (Fsp3) is 0.500. The lowest BCUT2D eigenvalue weighted by atomic mass is 10.1.